The van der Waals surface area contributed by atoms with Gasteiger partial charge in [-0.25, -0.2) is 9.97 Å². The molecule has 0 aliphatic carbocycles. The molecule has 65 heavy (non-hydrogen) atoms. The molecule has 0 unspecified atom stereocenters. The molecule has 1 amide bonds. The minimum atomic E-state index is -1.92. The summed E-state index contributed by atoms with van der Waals surface area (Å²) < 4.78 is 0. The Labute approximate surface area is 393 Å². The molecule has 0 fully saturated rings. The van der Waals surface area contributed by atoms with Gasteiger partial charge in [0.25, 0.3) is 0 Å². The lowest BCUT2D eigenvalue weighted by atomic mass is 10.2. The van der Waals surface area contributed by atoms with Crippen molar-refractivity contribution >= 4 is 74.3 Å². The summed E-state index contributed by atoms with van der Waals surface area (Å²) in [5.41, 5.74) is 8.31. The summed E-state index contributed by atoms with van der Waals surface area (Å²) in [7, 11) is -3.83. The number of fused-ring (bicyclic) bond motifs is 2. The Morgan fingerprint density at radius 2 is 0.569 bits per heavy atom. The van der Waals surface area contributed by atoms with Crippen molar-refractivity contribution in [2.24, 2.45) is 5.73 Å². The lowest BCUT2D eigenvalue weighted by Gasteiger charge is -2.27. The van der Waals surface area contributed by atoms with Crippen LogP contribution in [-0.4, -0.2) is 16.1 Å². The quantitative estimate of drug-likeness (QED) is 0.154. The summed E-state index contributed by atoms with van der Waals surface area (Å²) in [6.07, 6.45) is 0.214. The van der Waals surface area contributed by atoms with Crippen LogP contribution in [-0.2, 0) is 12.3 Å². The fraction of sp³-hybridized carbons (Fsp3) is 0.0351. The van der Waals surface area contributed by atoms with E-state index >= 15 is 0 Å². The lowest BCUT2D eigenvalue weighted by molar-refractivity contribution is -0.245. The topological polar surface area (TPSA) is 91.9 Å². The molecule has 10 aromatic rings. The zero-order valence-corrected chi connectivity index (χ0v) is 39.1. The normalized spacial score (nSPS) is 11.0. The molecular formula is C57H48BrN3O2P2. The van der Waals surface area contributed by atoms with Gasteiger partial charge in [-0.1, -0.05) is 158 Å². The van der Waals surface area contributed by atoms with Crippen LogP contribution in [0.5, 0.6) is 0 Å². The zero-order chi connectivity index (χ0) is 44.0. The molecule has 10 rings (SSSR count). The Morgan fingerprint density at radius 3 is 0.815 bits per heavy atom. The van der Waals surface area contributed by atoms with Gasteiger partial charge in [-0.05, 0) is 97.1 Å². The molecule has 8 heteroatoms. The Balaban J connectivity index is 0.000000177. The van der Waals surface area contributed by atoms with Gasteiger partial charge in [-0.3, -0.25) is 0 Å². The molecule has 5 nitrogen and oxygen atoms in total. The van der Waals surface area contributed by atoms with Gasteiger partial charge in [0.05, 0.1) is 22.4 Å². The molecule has 2 aromatic heterocycles. The van der Waals surface area contributed by atoms with E-state index in [2.05, 4.69) is 261 Å². The maximum absolute atomic E-state index is 8.67. The van der Waals surface area contributed by atoms with Crippen LogP contribution in [0.4, 0.5) is 4.79 Å². The predicted octanol–water partition coefficient (Wildman–Crippen LogP) is 6.75. The number of amides is 1. The van der Waals surface area contributed by atoms with Crippen molar-refractivity contribution in [3.05, 3.63) is 266 Å². The Bertz CT molecular complexity index is 2640. The Hall–Kier alpha value is -6.81. The molecule has 0 saturated carbocycles. The summed E-state index contributed by atoms with van der Waals surface area (Å²) in [6.45, 7) is 0. The number of halogens is 1. The van der Waals surface area contributed by atoms with E-state index < -0.39 is 20.6 Å². The molecular weight excluding hydrogens is 900 g/mol. The number of benzene rings is 8. The standard InChI is InChI=1S/2C28H23NP.CH3NO2.BrH/c2*1-4-13-25(14-5-1)30(26-15-6-2-7-16-26,27-17-8-3-9-18-27)22-24-21-20-23-12-10-11-19-28(23)29-24;2-1(3)4;/h2*1-21H,22H2;2H2,(H,3,4);1H/q2*+1;;/p-2. The van der Waals surface area contributed by atoms with Crippen molar-refractivity contribution in [3.63, 3.8) is 0 Å². The molecule has 8 aromatic carbocycles. The molecule has 0 radical (unpaired) electrons. The van der Waals surface area contributed by atoms with Crippen LogP contribution in [0.25, 0.3) is 21.8 Å². The number of aromatic nitrogens is 2. The van der Waals surface area contributed by atoms with Crippen LogP contribution in [0, 0.1) is 0 Å². The monoisotopic (exact) mass is 947 g/mol. The van der Waals surface area contributed by atoms with Gasteiger partial charge in [-0.2, -0.15) is 0 Å². The smallest absolute Gasteiger partial charge is 0.131 e. The van der Waals surface area contributed by atoms with Gasteiger partial charge in [-0.15, -0.1) is 0 Å². The number of nitrogens with two attached hydrogens (primary N) is 1. The first-order valence-electron chi connectivity index (χ1n) is 21.2. The van der Waals surface area contributed by atoms with Gasteiger partial charge in [0.15, 0.2) is 0 Å². The maximum Gasteiger partial charge on any atom is 0.131 e. The molecule has 0 bridgehead atoms. The van der Waals surface area contributed by atoms with E-state index in [4.69, 9.17) is 19.9 Å². The molecule has 2 N–H and O–H groups in total. The van der Waals surface area contributed by atoms with Crippen LogP contribution in [0.15, 0.2) is 255 Å². The molecule has 0 saturated heterocycles. The van der Waals surface area contributed by atoms with Crippen LogP contribution in [0.1, 0.15) is 11.4 Å². The van der Waals surface area contributed by atoms with Crippen LogP contribution in [0.2, 0.25) is 0 Å². The number of hydrogen-bond acceptors (Lipinski definition) is 4. The van der Waals surface area contributed by atoms with Crippen LogP contribution >= 0.6 is 14.5 Å². The highest BCUT2D eigenvalue weighted by molar-refractivity contribution is 7.95. The number of nitrogens with zero attached hydrogens (tertiary/aromatic N) is 2. The van der Waals surface area contributed by atoms with Crippen molar-refractivity contribution in [2.75, 3.05) is 0 Å². The fourth-order valence-electron chi connectivity index (χ4n) is 8.42. The number of carbonyl (C=O) groups is 1. The summed E-state index contributed by atoms with van der Waals surface area (Å²) in [5, 5.41) is 19.4. The fourth-order valence-corrected chi connectivity index (χ4v) is 16.7. The number of carbonyl (C=O) groups excluding carboxylic acids is 1. The largest absolute Gasteiger partial charge is 1.00 e. The molecule has 0 atom stereocenters. The second-order valence-electron chi connectivity index (χ2n) is 15.3. The number of primary amides is 1. The average molecular weight is 949 g/mol. The highest BCUT2D eigenvalue weighted by Crippen LogP contribution is 2.59. The molecule has 0 spiro atoms. The number of pyridine rings is 2. The second kappa shape index (κ2) is 22.2. The first-order chi connectivity index (χ1) is 31.5. The molecule has 0 aliphatic rings. The molecule has 2 heterocycles. The minimum Gasteiger partial charge on any atom is -1.00 e. The van der Waals surface area contributed by atoms with Crippen molar-refractivity contribution in [3.8, 4) is 0 Å². The highest BCUT2D eigenvalue weighted by atomic mass is 79.9. The maximum atomic E-state index is 8.67. The van der Waals surface area contributed by atoms with Gasteiger partial charge < -0.3 is 32.6 Å². The van der Waals surface area contributed by atoms with Gasteiger partial charge in [0, 0.05) is 10.8 Å². The van der Waals surface area contributed by atoms with E-state index in [1.807, 2.05) is 0 Å². The van der Waals surface area contributed by atoms with Crippen molar-refractivity contribution in [2.45, 2.75) is 12.3 Å². The van der Waals surface area contributed by atoms with E-state index in [1.54, 1.807) is 0 Å². The zero-order valence-electron chi connectivity index (χ0n) is 35.7. The number of carboxylic acid groups (broad SMARTS) is 1. The van der Waals surface area contributed by atoms with E-state index in [9.17, 15) is 0 Å². The van der Waals surface area contributed by atoms with Crippen molar-refractivity contribution < 1.29 is 26.9 Å². The highest BCUT2D eigenvalue weighted by Gasteiger charge is 2.47. The third kappa shape index (κ3) is 10.8. The number of rotatable bonds is 10. The van der Waals surface area contributed by atoms with Crippen molar-refractivity contribution in [1.29, 1.82) is 0 Å². The minimum absolute atomic E-state index is 0. The first kappa shape index (κ1) is 46.2. The SMILES string of the molecule is NC(=O)[O-].[Br-].c1ccc([P+](Cc2ccc3ccccc3n2)(c2ccccc2)c2ccccc2)cc1.c1ccc([P+](Cc2ccc3ccccc3n2)(c2ccccc2)c2ccccc2)cc1. The summed E-state index contributed by atoms with van der Waals surface area (Å²) in [5.74, 6) is 0. The van der Waals surface area contributed by atoms with E-state index in [0.29, 0.717) is 0 Å². The Kier molecular flexibility index (Phi) is 15.8. The Morgan fingerprint density at radius 1 is 0.354 bits per heavy atom. The second-order valence-corrected chi connectivity index (χ2v) is 22.2. The van der Waals surface area contributed by atoms with E-state index in [0.717, 1.165) is 34.7 Å². The first-order valence-corrected chi connectivity index (χ1v) is 25.2. The predicted molar refractivity (Wildman–Crippen MR) is 271 cm³/mol. The summed E-state index contributed by atoms with van der Waals surface area (Å²) in [6, 6.07) is 91.4. The van der Waals surface area contributed by atoms with Crippen molar-refractivity contribution in [1.82, 2.24) is 9.97 Å². The number of para-hydroxylation sites is 2. The van der Waals surface area contributed by atoms with Crippen LogP contribution in [0.3, 0.4) is 0 Å². The molecule has 0 aliphatic heterocycles. The van der Waals surface area contributed by atoms with E-state index in [-0.39, 0.29) is 17.0 Å². The third-order valence-corrected chi connectivity index (χ3v) is 20.0. The average Bonchev–Trinajstić information content (AvgIpc) is 3.36. The number of hydrogen-bond donors (Lipinski definition) is 1. The lowest BCUT2D eigenvalue weighted by Crippen LogP contribution is -3.00. The summed E-state index contributed by atoms with van der Waals surface area (Å²) in [4.78, 5) is 18.8. The van der Waals surface area contributed by atoms with E-state index in [1.165, 1.54) is 42.6 Å². The van der Waals surface area contributed by atoms with Gasteiger partial charge in [0.2, 0.25) is 0 Å². The summed E-state index contributed by atoms with van der Waals surface area (Å²) >= 11 is 0. The van der Waals surface area contributed by atoms with Gasteiger partial charge >= 0.3 is 0 Å². The molecule has 320 valence electrons. The van der Waals surface area contributed by atoms with Gasteiger partial charge in [0.1, 0.15) is 64.8 Å². The van der Waals surface area contributed by atoms with Crippen LogP contribution < -0.4 is 59.6 Å². The third-order valence-electron chi connectivity index (χ3n) is 11.3.